The van der Waals surface area contributed by atoms with Crippen molar-refractivity contribution in [2.75, 3.05) is 0 Å². The maximum atomic E-state index is 10.9. The van der Waals surface area contributed by atoms with Crippen molar-refractivity contribution in [3.63, 3.8) is 0 Å². The summed E-state index contributed by atoms with van der Waals surface area (Å²) in [4.78, 5) is 11.4. The lowest BCUT2D eigenvalue weighted by atomic mass is 10.1. The summed E-state index contributed by atoms with van der Waals surface area (Å²) in [5.74, 6) is -0.999. The fourth-order valence-electron chi connectivity index (χ4n) is 1.96. The van der Waals surface area contributed by atoms with Crippen LogP contribution in [0.4, 0.5) is 0 Å². The second-order valence-electron chi connectivity index (χ2n) is 4.01. The molecule has 0 saturated carbocycles. The van der Waals surface area contributed by atoms with Gasteiger partial charge in [-0.25, -0.2) is 4.79 Å². The van der Waals surface area contributed by atoms with E-state index in [0.717, 1.165) is 12.8 Å². The van der Waals surface area contributed by atoms with Crippen LogP contribution >= 0.6 is 11.3 Å². The molecule has 2 rings (SSSR count). The summed E-state index contributed by atoms with van der Waals surface area (Å²) in [7, 11) is 0. The van der Waals surface area contributed by atoms with E-state index in [-0.39, 0.29) is 17.8 Å². The van der Waals surface area contributed by atoms with E-state index in [9.17, 15) is 9.90 Å². The highest BCUT2D eigenvalue weighted by Gasteiger charge is 2.32. The monoisotopic (exact) mass is 242 g/mol. The Morgan fingerprint density at radius 2 is 2.38 bits per heavy atom. The lowest BCUT2D eigenvalue weighted by Crippen LogP contribution is -2.19. The number of rotatable bonds is 3. The normalized spacial score (nSPS) is 26.9. The Hall–Kier alpha value is -0.910. The molecule has 2 N–H and O–H groups in total. The molecule has 1 aromatic rings. The van der Waals surface area contributed by atoms with Crippen molar-refractivity contribution in [1.29, 1.82) is 0 Å². The van der Waals surface area contributed by atoms with Crippen LogP contribution in [0.3, 0.4) is 0 Å². The van der Waals surface area contributed by atoms with Gasteiger partial charge in [-0.2, -0.15) is 0 Å². The Bertz CT molecular complexity index is 387. The predicted molar refractivity (Wildman–Crippen MR) is 59.8 cm³/mol. The summed E-state index contributed by atoms with van der Waals surface area (Å²) in [5, 5.41) is 20.7. The molecule has 0 bridgehead atoms. The van der Waals surface area contributed by atoms with Crippen LogP contribution in [-0.2, 0) is 4.74 Å². The highest BCUT2D eigenvalue weighted by Crippen LogP contribution is 2.34. The molecule has 0 radical (unpaired) electrons. The zero-order valence-electron chi connectivity index (χ0n) is 8.92. The number of hydrogen-bond acceptors (Lipinski definition) is 4. The van der Waals surface area contributed by atoms with E-state index in [0.29, 0.717) is 4.88 Å². The first kappa shape index (κ1) is 11.6. The Morgan fingerprint density at radius 1 is 1.62 bits per heavy atom. The van der Waals surface area contributed by atoms with Gasteiger partial charge >= 0.3 is 5.97 Å². The molecular formula is C11H14O4S. The molecule has 1 aliphatic heterocycles. The van der Waals surface area contributed by atoms with Crippen molar-refractivity contribution in [2.24, 2.45) is 0 Å². The van der Waals surface area contributed by atoms with Gasteiger partial charge in [-0.15, -0.1) is 11.3 Å². The predicted octanol–water partition coefficient (Wildman–Crippen LogP) is 2.05. The Labute approximate surface area is 97.5 Å². The van der Waals surface area contributed by atoms with Crippen LogP contribution in [0.25, 0.3) is 0 Å². The van der Waals surface area contributed by atoms with Gasteiger partial charge in [0.2, 0.25) is 0 Å². The molecule has 1 aromatic heterocycles. The van der Waals surface area contributed by atoms with Crippen LogP contribution in [0.1, 0.15) is 41.1 Å². The van der Waals surface area contributed by atoms with E-state index in [1.54, 1.807) is 5.38 Å². The lowest BCUT2D eigenvalue weighted by Gasteiger charge is -2.17. The Balaban J connectivity index is 2.17. The first-order valence-corrected chi connectivity index (χ1v) is 6.11. The summed E-state index contributed by atoms with van der Waals surface area (Å²) >= 11 is 1.26. The average Bonchev–Trinajstić information content (AvgIpc) is 2.84. The third kappa shape index (κ3) is 2.11. The molecule has 5 heteroatoms. The van der Waals surface area contributed by atoms with Gasteiger partial charge < -0.3 is 14.9 Å². The van der Waals surface area contributed by atoms with Crippen LogP contribution in [0.15, 0.2) is 11.4 Å². The van der Waals surface area contributed by atoms with Gasteiger partial charge in [-0.3, -0.25) is 0 Å². The Kier molecular flexibility index (Phi) is 3.28. The number of aliphatic hydroxyl groups excluding tert-OH is 1. The standard InChI is InChI=1S/C11H14O4S/c1-6-2-3-8(15-6)9(12)10-7(11(13)14)4-5-16-10/h4-6,8-9,12H,2-3H2,1H3,(H,13,14). The topological polar surface area (TPSA) is 66.8 Å². The molecule has 3 unspecified atom stereocenters. The highest BCUT2D eigenvalue weighted by molar-refractivity contribution is 7.10. The smallest absolute Gasteiger partial charge is 0.336 e. The van der Waals surface area contributed by atoms with Gasteiger partial charge in [0.15, 0.2) is 0 Å². The van der Waals surface area contributed by atoms with Gasteiger partial charge in [-0.1, -0.05) is 0 Å². The molecule has 0 aromatic carbocycles. The van der Waals surface area contributed by atoms with E-state index in [1.807, 2.05) is 6.92 Å². The number of thiophene rings is 1. The largest absolute Gasteiger partial charge is 0.478 e. The van der Waals surface area contributed by atoms with Crippen molar-refractivity contribution in [3.8, 4) is 0 Å². The fraction of sp³-hybridized carbons (Fsp3) is 0.545. The molecule has 16 heavy (non-hydrogen) atoms. The second kappa shape index (κ2) is 4.53. The third-order valence-electron chi connectivity index (χ3n) is 2.81. The molecular weight excluding hydrogens is 228 g/mol. The van der Waals surface area contributed by atoms with Crippen LogP contribution in [-0.4, -0.2) is 28.4 Å². The number of carboxylic acid groups (broad SMARTS) is 1. The number of aliphatic hydroxyl groups is 1. The fourth-order valence-corrected chi connectivity index (χ4v) is 2.89. The van der Waals surface area contributed by atoms with Crippen molar-refractivity contribution < 1.29 is 19.7 Å². The molecule has 1 fully saturated rings. The lowest BCUT2D eigenvalue weighted by molar-refractivity contribution is -0.0286. The highest BCUT2D eigenvalue weighted by atomic mass is 32.1. The van der Waals surface area contributed by atoms with Gasteiger partial charge in [0.1, 0.15) is 6.10 Å². The molecule has 0 amide bonds. The quantitative estimate of drug-likeness (QED) is 0.851. The maximum absolute atomic E-state index is 10.9. The zero-order valence-corrected chi connectivity index (χ0v) is 9.74. The van der Waals surface area contributed by atoms with Crippen molar-refractivity contribution in [3.05, 3.63) is 21.9 Å². The Morgan fingerprint density at radius 3 is 2.94 bits per heavy atom. The first-order valence-electron chi connectivity index (χ1n) is 5.24. The number of aromatic carboxylic acids is 1. The minimum Gasteiger partial charge on any atom is -0.478 e. The van der Waals surface area contributed by atoms with Crippen molar-refractivity contribution >= 4 is 17.3 Å². The van der Waals surface area contributed by atoms with Gasteiger partial charge in [-0.05, 0) is 31.2 Å². The van der Waals surface area contributed by atoms with Crippen LogP contribution in [0.2, 0.25) is 0 Å². The average molecular weight is 242 g/mol. The molecule has 1 saturated heterocycles. The first-order chi connectivity index (χ1) is 7.59. The summed E-state index contributed by atoms with van der Waals surface area (Å²) < 4.78 is 5.55. The van der Waals surface area contributed by atoms with E-state index < -0.39 is 12.1 Å². The number of hydrogen-bond donors (Lipinski definition) is 2. The van der Waals surface area contributed by atoms with E-state index in [4.69, 9.17) is 9.84 Å². The molecule has 88 valence electrons. The third-order valence-corrected chi connectivity index (χ3v) is 3.80. The van der Waals surface area contributed by atoms with Gasteiger partial charge in [0, 0.05) is 0 Å². The van der Waals surface area contributed by atoms with Crippen molar-refractivity contribution in [2.45, 2.75) is 38.1 Å². The van der Waals surface area contributed by atoms with E-state index in [1.165, 1.54) is 17.4 Å². The zero-order chi connectivity index (χ0) is 11.7. The SMILES string of the molecule is CC1CCC(C(O)c2sccc2C(=O)O)O1. The number of ether oxygens (including phenoxy) is 1. The minimum atomic E-state index is -0.999. The van der Waals surface area contributed by atoms with E-state index in [2.05, 4.69) is 0 Å². The molecule has 1 aliphatic rings. The number of carbonyl (C=O) groups is 1. The van der Waals surface area contributed by atoms with Gasteiger partial charge in [0.25, 0.3) is 0 Å². The van der Waals surface area contributed by atoms with E-state index >= 15 is 0 Å². The molecule has 2 heterocycles. The van der Waals surface area contributed by atoms with Crippen LogP contribution in [0, 0.1) is 0 Å². The maximum Gasteiger partial charge on any atom is 0.336 e. The van der Waals surface area contributed by atoms with Crippen molar-refractivity contribution in [1.82, 2.24) is 0 Å². The molecule has 0 spiro atoms. The van der Waals surface area contributed by atoms with Crippen LogP contribution < -0.4 is 0 Å². The molecule has 4 nitrogen and oxygen atoms in total. The summed E-state index contributed by atoms with van der Waals surface area (Å²) in [5.41, 5.74) is 0.181. The summed E-state index contributed by atoms with van der Waals surface area (Å²) in [6, 6.07) is 1.52. The second-order valence-corrected chi connectivity index (χ2v) is 4.96. The summed E-state index contributed by atoms with van der Waals surface area (Å²) in [6.45, 7) is 1.96. The molecule has 3 atom stereocenters. The van der Waals surface area contributed by atoms with Crippen LogP contribution in [0.5, 0.6) is 0 Å². The van der Waals surface area contributed by atoms with Gasteiger partial charge in [0.05, 0.1) is 22.6 Å². The minimum absolute atomic E-state index is 0.146. The summed E-state index contributed by atoms with van der Waals surface area (Å²) in [6.07, 6.45) is 0.741. The number of carboxylic acids is 1. The molecule has 0 aliphatic carbocycles.